The van der Waals surface area contributed by atoms with Crippen molar-refractivity contribution in [3.8, 4) is 0 Å². The lowest BCUT2D eigenvalue weighted by molar-refractivity contribution is 0.266. The number of nitrogens with two attached hydrogens (primary N) is 1. The van der Waals surface area contributed by atoms with Gasteiger partial charge in [0, 0.05) is 12.1 Å². The molecule has 2 nitrogen and oxygen atoms in total. The zero-order valence-electron chi connectivity index (χ0n) is 11.9. The molecule has 100 valence electrons. The average molecular weight is 246 g/mol. The third-order valence-electron chi connectivity index (χ3n) is 4.48. The van der Waals surface area contributed by atoms with Crippen LogP contribution in [0.3, 0.4) is 0 Å². The zero-order valence-corrected chi connectivity index (χ0v) is 11.9. The highest BCUT2D eigenvalue weighted by atomic mass is 14.9. The summed E-state index contributed by atoms with van der Waals surface area (Å²) in [5.41, 5.74) is 10.5. The average Bonchev–Trinajstić information content (AvgIpc) is 2.41. The third kappa shape index (κ3) is 2.93. The molecule has 0 spiro atoms. The summed E-state index contributed by atoms with van der Waals surface area (Å²) >= 11 is 0. The van der Waals surface area contributed by atoms with Crippen LogP contribution in [0.1, 0.15) is 48.4 Å². The monoisotopic (exact) mass is 246 g/mol. The van der Waals surface area contributed by atoms with Crippen molar-refractivity contribution < 1.29 is 0 Å². The zero-order chi connectivity index (χ0) is 13.1. The van der Waals surface area contributed by atoms with E-state index >= 15 is 0 Å². The van der Waals surface area contributed by atoms with Crippen LogP contribution in [0.2, 0.25) is 0 Å². The van der Waals surface area contributed by atoms with E-state index in [0.717, 1.165) is 0 Å². The maximum Gasteiger partial charge on any atom is 0.0326 e. The minimum absolute atomic E-state index is 0.211. The minimum atomic E-state index is 0.211. The van der Waals surface area contributed by atoms with E-state index in [-0.39, 0.29) is 6.04 Å². The fraction of sp³-hybridized carbons (Fsp3) is 0.625. The molecule has 1 aromatic rings. The largest absolute Gasteiger partial charge is 0.324 e. The Bertz CT molecular complexity index is 392. The molecule has 1 unspecified atom stereocenters. The first-order valence-electron chi connectivity index (χ1n) is 7.12. The van der Waals surface area contributed by atoms with Gasteiger partial charge in [0.25, 0.3) is 0 Å². The van der Waals surface area contributed by atoms with E-state index in [9.17, 15) is 0 Å². The van der Waals surface area contributed by atoms with Gasteiger partial charge in [-0.25, -0.2) is 0 Å². The van der Waals surface area contributed by atoms with Gasteiger partial charge in [0.15, 0.2) is 0 Å². The minimum Gasteiger partial charge on any atom is -0.324 e. The van der Waals surface area contributed by atoms with E-state index in [1.165, 1.54) is 42.4 Å². The molecule has 2 rings (SSSR count). The van der Waals surface area contributed by atoms with Crippen molar-refractivity contribution in [1.29, 1.82) is 0 Å². The fourth-order valence-electron chi connectivity index (χ4n) is 3.14. The van der Waals surface area contributed by atoms with Gasteiger partial charge in [-0.15, -0.1) is 0 Å². The molecule has 0 radical (unpaired) electrons. The lowest BCUT2D eigenvalue weighted by Crippen LogP contribution is -2.34. The topological polar surface area (TPSA) is 38.0 Å². The van der Waals surface area contributed by atoms with Gasteiger partial charge in [-0.3, -0.25) is 0 Å². The molecule has 0 heterocycles. The summed E-state index contributed by atoms with van der Waals surface area (Å²) in [5, 5.41) is 3.38. The van der Waals surface area contributed by atoms with Gasteiger partial charge in [0.05, 0.1) is 0 Å². The Balaban J connectivity index is 2.07. The molecular weight excluding hydrogens is 220 g/mol. The van der Waals surface area contributed by atoms with E-state index in [1.54, 1.807) is 0 Å². The molecule has 3 N–H and O–H groups in total. The second kappa shape index (κ2) is 5.85. The van der Waals surface area contributed by atoms with Crippen molar-refractivity contribution in [3.63, 3.8) is 0 Å². The number of benzene rings is 1. The molecule has 0 aromatic heterocycles. The summed E-state index contributed by atoms with van der Waals surface area (Å²) in [7, 11) is 2.07. The summed E-state index contributed by atoms with van der Waals surface area (Å²) in [4.78, 5) is 0. The number of nitrogens with one attached hydrogen (secondary N) is 1. The van der Waals surface area contributed by atoms with Gasteiger partial charge in [0.2, 0.25) is 0 Å². The standard InChI is InChI=1S/C16H26N2/c1-11-4-5-12(2)15(10-11)16(17)13-6-8-14(18-3)9-7-13/h4-5,10,13-14,16,18H,6-9,17H2,1-3H3. The summed E-state index contributed by atoms with van der Waals surface area (Å²) in [6, 6.07) is 7.55. The molecule has 0 saturated heterocycles. The molecule has 1 fully saturated rings. The van der Waals surface area contributed by atoms with Gasteiger partial charge in [-0.05, 0) is 63.6 Å². The number of aryl methyl sites for hydroxylation is 2. The van der Waals surface area contributed by atoms with E-state index in [1.807, 2.05) is 0 Å². The van der Waals surface area contributed by atoms with Crippen molar-refractivity contribution >= 4 is 0 Å². The summed E-state index contributed by atoms with van der Waals surface area (Å²) in [5.74, 6) is 0.648. The predicted molar refractivity (Wildman–Crippen MR) is 77.7 cm³/mol. The first kappa shape index (κ1) is 13.6. The van der Waals surface area contributed by atoms with Crippen molar-refractivity contribution in [3.05, 3.63) is 34.9 Å². The van der Waals surface area contributed by atoms with E-state index in [0.29, 0.717) is 12.0 Å². The molecule has 0 aliphatic heterocycles. The molecule has 1 aliphatic rings. The maximum atomic E-state index is 6.51. The lowest BCUT2D eigenvalue weighted by atomic mass is 9.78. The molecule has 1 saturated carbocycles. The summed E-state index contributed by atoms with van der Waals surface area (Å²) < 4.78 is 0. The second-order valence-electron chi connectivity index (χ2n) is 5.79. The predicted octanol–water partition coefficient (Wildman–Crippen LogP) is 3.08. The van der Waals surface area contributed by atoms with Gasteiger partial charge in [-0.2, -0.15) is 0 Å². The third-order valence-corrected chi connectivity index (χ3v) is 4.48. The Hall–Kier alpha value is -0.860. The molecule has 1 aromatic carbocycles. The smallest absolute Gasteiger partial charge is 0.0326 e. The summed E-state index contributed by atoms with van der Waals surface area (Å²) in [6.45, 7) is 4.32. The highest BCUT2D eigenvalue weighted by Crippen LogP contribution is 2.34. The Kier molecular flexibility index (Phi) is 4.41. The molecule has 1 aliphatic carbocycles. The first-order valence-corrected chi connectivity index (χ1v) is 7.12. The van der Waals surface area contributed by atoms with E-state index < -0.39 is 0 Å². The van der Waals surface area contributed by atoms with Gasteiger partial charge < -0.3 is 11.1 Å². The fourth-order valence-corrected chi connectivity index (χ4v) is 3.14. The molecule has 18 heavy (non-hydrogen) atoms. The van der Waals surface area contributed by atoms with Gasteiger partial charge >= 0.3 is 0 Å². The molecule has 2 heteroatoms. The Morgan fingerprint density at radius 2 is 1.83 bits per heavy atom. The van der Waals surface area contributed by atoms with Crippen LogP contribution in [0.4, 0.5) is 0 Å². The van der Waals surface area contributed by atoms with Crippen LogP contribution in [0, 0.1) is 19.8 Å². The second-order valence-corrected chi connectivity index (χ2v) is 5.79. The van der Waals surface area contributed by atoms with Crippen LogP contribution in [-0.2, 0) is 0 Å². The highest BCUT2D eigenvalue weighted by molar-refractivity contribution is 5.33. The van der Waals surface area contributed by atoms with Crippen molar-refractivity contribution in [2.75, 3.05) is 7.05 Å². The quantitative estimate of drug-likeness (QED) is 0.860. The number of hydrogen-bond donors (Lipinski definition) is 2. The molecule has 0 amide bonds. The van der Waals surface area contributed by atoms with E-state index in [2.05, 4.69) is 44.4 Å². The van der Waals surface area contributed by atoms with Crippen LogP contribution >= 0.6 is 0 Å². The molecule has 1 atom stereocenters. The first-order chi connectivity index (χ1) is 8.61. The van der Waals surface area contributed by atoms with Crippen LogP contribution in [0.5, 0.6) is 0 Å². The van der Waals surface area contributed by atoms with E-state index in [4.69, 9.17) is 5.73 Å². The van der Waals surface area contributed by atoms with Crippen LogP contribution in [0.25, 0.3) is 0 Å². The van der Waals surface area contributed by atoms with Crippen LogP contribution in [-0.4, -0.2) is 13.1 Å². The van der Waals surface area contributed by atoms with Gasteiger partial charge in [0.1, 0.15) is 0 Å². The Labute approximate surface area is 111 Å². The SMILES string of the molecule is CNC1CCC(C(N)c2cc(C)ccc2C)CC1. The Morgan fingerprint density at radius 1 is 1.17 bits per heavy atom. The Morgan fingerprint density at radius 3 is 2.44 bits per heavy atom. The molecular formula is C16H26N2. The normalized spacial score (nSPS) is 26.0. The van der Waals surface area contributed by atoms with Crippen LogP contribution in [0.15, 0.2) is 18.2 Å². The van der Waals surface area contributed by atoms with Crippen molar-refractivity contribution in [1.82, 2.24) is 5.32 Å². The van der Waals surface area contributed by atoms with Crippen LogP contribution < -0.4 is 11.1 Å². The number of rotatable bonds is 3. The lowest BCUT2D eigenvalue weighted by Gasteiger charge is -2.32. The molecule has 0 bridgehead atoms. The summed E-state index contributed by atoms with van der Waals surface area (Å²) in [6.07, 6.45) is 5.03. The maximum absolute atomic E-state index is 6.51. The van der Waals surface area contributed by atoms with Gasteiger partial charge in [-0.1, -0.05) is 23.8 Å². The van der Waals surface area contributed by atoms with Crippen molar-refractivity contribution in [2.24, 2.45) is 11.7 Å². The van der Waals surface area contributed by atoms with Crippen molar-refractivity contribution in [2.45, 2.75) is 51.6 Å². The number of hydrogen-bond acceptors (Lipinski definition) is 2. The highest BCUT2D eigenvalue weighted by Gasteiger charge is 2.26.